The van der Waals surface area contributed by atoms with Crippen molar-refractivity contribution in [1.29, 1.82) is 0 Å². The highest BCUT2D eigenvalue weighted by molar-refractivity contribution is 5.47. The number of piperazine rings is 1. The van der Waals surface area contributed by atoms with E-state index in [2.05, 4.69) is 53.0 Å². The fraction of sp³-hybridized carbons (Fsp3) is 0.667. The van der Waals surface area contributed by atoms with E-state index in [-0.39, 0.29) is 0 Å². The van der Waals surface area contributed by atoms with Gasteiger partial charge in [0, 0.05) is 50.6 Å². The highest BCUT2D eigenvalue weighted by atomic mass is 15.3. The largest absolute Gasteiger partial charge is 0.369 e. The van der Waals surface area contributed by atoms with E-state index < -0.39 is 0 Å². The Morgan fingerprint density at radius 2 is 2.00 bits per heavy atom. The van der Waals surface area contributed by atoms with Gasteiger partial charge in [-0.1, -0.05) is 20.8 Å². The first-order valence-corrected chi connectivity index (χ1v) is 7.34. The van der Waals surface area contributed by atoms with Gasteiger partial charge in [-0.2, -0.15) is 0 Å². The van der Waals surface area contributed by atoms with Crippen LogP contribution in [0, 0.1) is 0 Å². The first-order valence-electron chi connectivity index (χ1n) is 7.34. The number of likely N-dealkylation sites (N-methyl/N-ethyl adjacent to an activating group) is 1. The third kappa shape index (κ3) is 4.18. The Morgan fingerprint density at radius 3 is 2.63 bits per heavy atom. The molecule has 1 aliphatic rings. The molecule has 19 heavy (non-hydrogen) atoms. The molecule has 2 rings (SSSR count). The maximum atomic E-state index is 4.44. The smallest absolute Gasteiger partial charge is 0.0562 e. The maximum absolute atomic E-state index is 4.44. The molecule has 0 atom stereocenters. The van der Waals surface area contributed by atoms with E-state index in [1.165, 1.54) is 18.8 Å². The zero-order valence-electron chi connectivity index (χ0n) is 12.4. The molecule has 4 nitrogen and oxygen atoms in total. The molecule has 1 saturated heterocycles. The summed E-state index contributed by atoms with van der Waals surface area (Å²) in [4.78, 5) is 9.40. The molecule has 1 N–H and O–H groups in total. The first kappa shape index (κ1) is 14.3. The number of pyridine rings is 1. The van der Waals surface area contributed by atoms with Crippen molar-refractivity contribution in [2.45, 2.75) is 33.4 Å². The molecule has 0 saturated carbocycles. The van der Waals surface area contributed by atoms with Gasteiger partial charge in [0.15, 0.2) is 0 Å². The summed E-state index contributed by atoms with van der Waals surface area (Å²) in [6.07, 6.45) is 1.93. The summed E-state index contributed by atoms with van der Waals surface area (Å²) >= 11 is 0. The molecule has 0 radical (unpaired) electrons. The van der Waals surface area contributed by atoms with Gasteiger partial charge in [0.1, 0.15) is 0 Å². The van der Waals surface area contributed by atoms with Gasteiger partial charge in [-0.05, 0) is 18.7 Å². The van der Waals surface area contributed by atoms with Crippen LogP contribution in [0.1, 0.15) is 26.5 Å². The number of hydrogen-bond acceptors (Lipinski definition) is 4. The quantitative estimate of drug-likeness (QED) is 0.875. The van der Waals surface area contributed by atoms with Crippen molar-refractivity contribution in [3.63, 3.8) is 0 Å². The number of hydrogen-bond donors (Lipinski definition) is 1. The van der Waals surface area contributed by atoms with Crippen molar-refractivity contribution < 1.29 is 0 Å². The normalized spacial score (nSPS) is 17.2. The predicted octanol–water partition coefficient (Wildman–Crippen LogP) is 1.72. The van der Waals surface area contributed by atoms with E-state index in [4.69, 9.17) is 0 Å². The minimum atomic E-state index is 0.499. The Labute approximate surface area is 116 Å². The van der Waals surface area contributed by atoms with Gasteiger partial charge in [0.2, 0.25) is 0 Å². The fourth-order valence-electron chi connectivity index (χ4n) is 2.39. The lowest BCUT2D eigenvalue weighted by atomic mass is 10.2. The van der Waals surface area contributed by atoms with Crippen LogP contribution >= 0.6 is 0 Å². The summed E-state index contributed by atoms with van der Waals surface area (Å²) in [5.74, 6) is 0. The van der Waals surface area contributed by atoms with Gasteiger partial charge in [0.25, 0.3) is 0 Å². The van der Waals surface area contributed by atoms with Gasteiger partial charge < -0.3 is 15.1 Å². The molecule has 1 aromatic rings. The van der Waals surface area contributed by atoms with E-state index in [1.54, 1.807) is 0 Å². The summed E-state index contributed by atoms with van der Waals surface area (Å²) < 4.78 is 0. The minimum absolute atomic E-state index is 0.499. The Morgan fingerprint density at radius 1 is 1.26 bits per heavy atom. The Bertz CT molecular complexity index is 383. The number of nitrogens with zero attached hydrogens (tertiary/aromatic N) is 3. The lowest BCUT2D eigenvalue weighted by Crippen LogP contribution is -2.46. The highest BCUT2D eigenvalue weighted by Gasteiger charge is 2.16. The molecule has 0 spiro atoms. The number of nitrogens with one attached hydrogen (secondary N) is 1. The van der Waals surface area contributed by atoms with E-state index in [9.17, 15) is 0 Å². The van der Waals surface area contributed by atoms with Crippen molar-refractivity contribution in [2.24, 2.45) is 0 Å². The zero-order valence-corrected chi connectivity index (χ0v) is 12.4. The van der Waals surface area contributed by atoms with Gasteiger partial charge in [-0.3, -0.25) is 4.98 Å². The molecule has 0 amide bonds. The Kier molecular flexibility index (Phi) is 5.16. The van der Waals surface area contributed by atoms with Crippen molar-refractivity contribution in [2.75, 3.05) is 37.6 Å². The lowest BCUT2D eigenvalue weighted by molar-refractivity contribution is 0.271. The number of rotatable bonds is 5. The zero-order chi connectivity index (χ0) is 13.7. The third-order valence-electron chi connectivity index (χ3n) is 3.68. The number of anilines is 1. The van der Waals surface area contributed by atoms with Crippen LogP contribution in [0.5, 0.6) is 0 Å². The van der Waals surface area contributed by atoms with E-state index in [1.807, 2.05) is 6.20 Å². The second-order valence-corrected chi connectivity index (χ2v) is 5.46. The van der Waals surface area contributed by atoms with Crippen LogP contribution in [-0.4, -0.2) is 48.6 Å². The molecule has 1 aromatic heterocycles. The van der Waals surface area contributed by atoms with Crippen LogP contribution in [0.3, 0.4) is 0 Å². The average molecular weight is 262 g/mol. The fourth-order valence-corrected chi connectivity index (χ4v) is 2.39. The first-order chi connectivity index (χ1) is 9.19. The van der Waals surface area contributed by atoms with E-state index >= 15 is 0 Å². The molecular weight excluding hydrogens is 236 g/mol. The van der Waals surface area contributed by atoms with Crippen LogP contribution in [0.15, 0.2) is 18.3 Å². The summed E-state index contributed by atoms with van der Waals surface area (Å²) in [6.45, 7) is 13.1. The Hall–Kier alpha value is -1.13. The lowest BCUT2D eigenvalue weighted by Gasteiger charge is -2.35. The second-order valence-electron chi connectivity index (χ2n) is 5.46. The van der Waals surface area contributed by atoms with Crippen LogP contribution in [0.4, 0.5) is 5.69 Å². The molecule has 0 aliphatic carbocycles. The summed E-state index contributed by atoms with van der Waals surface area (Å²) in [6, 6.07) is 4.84. The molecule has 0 bridgehead atoms. The average Bonchev–Trinajstić information content (AvgIpc) is 2.45. The maximum Gasteiger partial charge on any atom is 0.0562 e. The molecule has 1 fully saturated rings. The summed E-state index contributed by atoms with van der Waals surface area (Å²) in [5, 5.41) is 3.42. The Balaban J connectivity index is 1.95. The SMILES string of the molecule is CCN1CCN(c2ccnc(CNC(C)C)c2)CC1. The van der Waals surface area contributed by atoms with Gasteiger partial charge in [0.05, 0.1) is 5.69 Å². The van der Waals surface area contributed by atoms with Crippen molar-refractivity contribution >= 4 is 5.69 Å². The topological polar surface area (TPSA) is 31.4 Å². The van der Waals surface area contributed by atoms with Crippen LogP contribution in [-0.2, 0) is 6.54 Å². The molecule has 2 heterocycles. The molecule has 0 unspecified atom stereocenters. The second kappa shape index (κ2) is 6.87. The third-order valence-corrected chi connectivity index (χ3v) is 3.68. The van der Waals surface area contributed by atoms with Gasteiger partial charge >= 0.3 is 0 Å². The summed E-state index contributed by atoms with van der Waals surface area (Å²) in [7, 11) is 0. The van der Waals surface area contributed by atoms with E-state index in [0.29, 0.717) is 6.04 Å². The number of aromatic nitrogens is 1. The standard InChI is InChI=1S/C15H26N4/c1-4-18-7-9-19(10-8-18)15-5-6-16-14(11-15)12-17-13(2)3/h5-6,11,13,17H,4,7-10,12H2,1-3H3. The molecule has 1 aliphatic heterocycles. The van der Waals surface area contributed by atoms with E-state index in [0.717, 1.165) is 31.9 Å². The van der Waals surface area contributed by atoms with Crippen LogP contribution in [0.2, 0.25) is 0 Å². The van der Waals surface area contributed by atoms with Gasteiger partial charge in [-0.15, -0.1) is 0 Å². The highest BCUT2D eigenvalue weighted by Crippen LogP contribution is 2.16. The van der Waals surface area contributed by atoms with Crippen molar-refractivity contribution in [3.05, 3.63) is 24.0 Å². The van der Waals surface area contributed by atoms with Gasteiger partial charge in [-0.25, -0.2) is 0 Å². The molecule has 106 valence electrons. The summed E-state index contributed by atoms with van der Waals surface area (Å²) in [5.41, 5.74) is 2.44. The van der Waals surface area contributed by atoms with Crippen LogP contribution < -0.4 is 10.2 Å². The predicted molar refractivity (Wildman–Crippen MR) is 80.5 cm³/mol. The molecular formula is C15H26N4. The van der Waals surface area contributed by atoms with Crippen molar-refractivity contribution in [3.8, 4) is 0 Å². The minimum Gasteiger partial charge on any atom is -0.369 e. The molecule has 4 heteroatoms. The van der Waals surface area contributed by atoms with Crippen molar-refractivity contribution in [1.82, 2.24) is 15.2 Å². The van der Waals surface area contributed by atoms with Crippen LogP contribution in [0.25, 0.3) is 0 Å². The monoisotopic (exact) mass is 262 g/mol. The molecule has 0 aromatic carbocycles.